The lowest BCUT2D eigenvalue weighted by molar-refractivity contribution is -0.141. The van der Waals surface area contributed by atoms with Crippen LogP contribution in [0.5, 0.6) is 17.5 Å². The summed E-state index contributed by atoms with van der Waals surface area (Å²) in [4.78, 5) is 41.4. The number of piperazine rings is 1. The maximum Gasteiger partial charge on any atom is 0.254 e. The summed E-state index contributed by atoms with van der Waals surface area (Å²) in [6.07, 6.45) is 9.14. The van der Waals surface area contributed by atoms with Gasteiger partial charge in [-0.1, -0.05) is 38.1 Å². The number of carbonyl (C=O) groups is 2. The number of ether oxygens (including phenoxy) is 3. The van der Waals surface area contributed by atoms with Gasteiger partial charge in [0.05, 0.1) is 47.4 Å². The number of phenols is 1. The number of nitriles is 1. The third kappa shape index (κ3) is 10.9. The Kier molecular flexibility index (Phi) is 15.0. The van der Waals surface area contributed by atoms with Crippen LogP contribution in [-0.4, -0.2) is 139 Å². The highest BCUT2D eigenvalue weighted by Gasteiger charge is 2.48. The zero-order valence-corrected chi connectivity index (χ0v) is 45.3. The van der Waals surface area contributed by atoms with Gasteiger partial charge in [0.15, 0.2) is 11.6 Å². The van der Waals surface area contributed by atoms with Gasteiger partial charge in [0.25, 0.3) is 5.88 Å². The molecule has 7 heterocycles. The second-order valence-electron chi connectivity index (χ2n) is 23.4. The summed E-state index contributed by atoms with van der Waals surface area (Å²) in [6, 6.07) is 23.4. The Morgan fingerprint density at radius 1 is 0.846 bits per heavy atom. The molecule has 4 saturated heterocycles. The number of aliphatic hydroxyl groups is 1. The molecule has 2 aromatic carbocycles. The summed E-state index contributed by atoms with van der Waals surface area (Å²) in [5.74, 6) is 0.774. The maximum absolute atomic E-state index is 14.2. The summed E-state index contributed by atoms with van der Waals surface area (Å²) in [5, 5.41) is 46.1. The topological polar surface area (TPSA) is 242 Å². The Hall–Kier alpha value is -7.01. The van der Waals surface area contributed by atoms with Crippen LogP contribution in [-0.2, 0) is 14.3 Å². The number of para-hydroxylation sites is 1. The fourth-order valence-corrected chi connectivity index (χ4v) is 12.9. The smallest absolute Gasteiger partial charge is 0.254 e. The van der Waals surface area contributed by atoms with E-state index >= 15 is 0 Å². The number of aromatic nitrogens is 4. The molecule has 2 aliphatic carbocycles. The summed E-state index contributed by atoms with van der Waals surface area (Å²) in [6.45, 7) is 13.9. The van der Waals surface area contributed by atoms with Crippen molar-refractivity contribution >= 4 is 29.0 Å². The molecular weight excluding hydrogens is 991 g/mol. The van der Waals surface area contributed by atoms with Crippen LogP contribution < -0.4 is 30.3 Å². The van der Waals surface area contributed by atoms with Crippen molar-refractivity contribution in [1.82, 2.24) is 35.5 Å². The number of pyridine rings is 1. The molecule has 6 fully saturated rings. The lowest BCUT2D eigenvalue weighted by atomic mass is 9.69. The van der Waals surface area contributed by atoms with Crippen LogP contribution >= 0.6 is 0 Å². The lowest BCUT2D eigenvalue weighted by Gasteiger charge is -2.52. The van der Waals surface area contributed by atoms with Crippen LogP contribution in [0, 0.1) is 23.2 Å². The van der Waals surface area contributed by atoms with Crippen molar-refractivity contribution in [3.63, 3.8) is 0 Å². The normalized spacial score (nSPS) is 26.2. The highest BCUT2D eigenvalue weighted by Crippen LogP contribution is 2.44. The Morgan fingerprint density at radius 2 is 1.55 bits per heavy atom. The van der Waals surface area contributed by atoms with Gasteiger partial charge in [0.1, 0.15) is 29.9 Å². The van der Waals surface area contributed by atoms with E-state index in [4.69, 9.17) is 29.7 Å². The molecule has 11 rings (SSSR count). The molecule has 4 aliphatic heterocycles. The highest BCUT2D eigenvalue weighted by atomic mass is 16.5. The number of anilines is 3. The van der Waals surface area contributed by atoms with Crippen molar-refractivity contribution in [3.05, 3.63) is 95.9 Å². The molecule has 2 saturated carbocycles. The summed E-state index contributed by atoms with van der Waals surface area (Å²) in [5.41, 5.74) is 10.9. The highest BCUT2D eigenvalue weighted by molar-refractivity contribution is 5.91. The molecule has 2 amide bonds. The third-order valence-electron chi connectivity index (χ3n) is 17.7. The molecule has 5 aromatic rings. The third-order valence-corrected chi connectivity index (χ3v) is 17.7. The lowest BCUT2D eigenvalue weighted by Crippen LogP contribution is -2.58. The van der Waals surface area contributed by atoms with Gasteiger partial charge in [0, 0.05) is 99.2 Å². The number of benzene rings is 2. The minimum Gasteiger partial charge on any atom is -0.507 e. The number of nitrogens with one attached hydrogen (secondary N) is 1. The number of nitrogen functional groups attached to an aromatic ring is 1. The Morgan fingerprint density at radius 3 is 2.26 bits per heavy atom. The Labute approximate surface area is 456 Å². The SMILES string of the molecule is CC(C)[C@H](C(=O)N1C[C@H](O)C[C@H]1C(=O)N[C@@H](C)c1ccc(C#N)cc1)c1cc(O[C@H]2C[C@H](C(C)(C)N3CCC(O[C@H]4C[C@H](Oc5cc(N6C7CCC6CN(c6cc(-c8ccccc8O)nnc6N)C7)ccn5)C4)CC3)C2)no1. The molecule has 78 heavy (non-hydrogen) atoms. The molecule has 6 aliphatic rings. The van der Waals surface area contributed by atoms with Gasteiger partial charge in [0.2, 0.25) is 17.7 Å². The minimum atomic E-state index is -0.850. The first-order chi connectivity index (χ1) is 37.6. The van der Waals surface area contributed by atoms with E-state index in [0.29, 0.717) is 58.2 Å². The number of carbonyl (C=O) groups excluding carboxylic acids is 2. The first-order valence-corrected chi connectivity index (χ1v) is 28.0. The van der Waals surface area contributed by atoms with Gasteiger partial charge in [-0.3, -0.25) is 14.5 Å². The van der Waals surface area contributed by atoms with Crippen LogP contribution in [0.2, 0.25) is 0 Å². The van der Waals surface area contributed by atoms with Gasteiger partial charge in [-0.05, 0) is 118 Å². The summed E-state index contributed by atoms with van der Waals surface area (Å²) < 4.78 is 25.2. The number of phenolic OH excluding ortho intramolecular Hbond substituents is 1. The second-order valence-corrected chi connectivity index (χ2v) is 23.4. The van der Waals surface area contributed by atoms with E-state index in [1.165, 1.54) is 4.90 Å². The quantitative estimate of drug-likeness (QED) is 0.0723. The Bertz CT molecular complexity index is 2970. The molecule has 0 spiro atoms. The monoisotopic (exact) mass is 1060 g/mol. The number of rotatable bonds is 17. The number of nitrogens with zero attached hydrogens (tertiary/aromatic N) is 9. The molecular formula is C59H73N11O8. The fraction of sp³-hybridized carbons (Fsp3) is 0.542. The van der Waals surface area contributed by atoms with E-state index in [2.05, 4.69) is 72.4 Å². The molecule has 6 atom stereocenters. The van der Waals surface area contributed by atoms with Crippen molar-refractivity contribution in [2.45, 2.75) is 159 Å². The van der Waals surface area contributed by atoms with Crippen molar-refractivity contribution in [2.24, 2.45) is 11.8 Å². The number of likely N-dealkylation sites (tertiary alicyclic amines) is 2. The van der Waals surface area contributed by atoms with E-state index in [0.717, 1.165) is 94.5 Å². The molecule has 19 heteroatoms. The molecule has 412 valence electrons. The number of amides is 2. The fourth-order valence-electron chi connectivity index (χ4n) is 12.9. The second kappa shape index (κ2) is 22.0. The van der Waals surface area contributed by atoms with Crippen molar-refractivity contribution in [3.8, 4) is 34.8 Å². The number of fused-ring (bicyclic) bond motifs is 2. The molecule has 5 N–H and O–H groups in total. The minimum absolute atomic E-state index is 0.0225. The molecule has 3 aromatic heterocycles. The molecule has 2 unspecified atom stereocenters. The van der Waals surface area contributed by atoms with Gasteiger partial charge in [-0.2, -0.15) is 5.26 Å². The number of piperidine rings is 1. The average molecular weight is 1060 g/mol. The first kappa shape index (κ1) is 53.0. The largest absolute Gasteiger partial charge is 0.507 e. The standard InChI is InChI=1S/C59H73N11O8/c1-34(2)55(58(74)69-33-42(71)25-50(69)57(73)63-35(3)37-12-10-36(30-60)11-13-37)52-29-54(66-78-52)77-44-22-38(23-44)59(4,5)68-20-17-43(18-21-68)75-45-26-46(27-45)76-53-24-39(16-19-62-53)70-40-14-15-41(70)32-67(31-40)49-28-48(64-65-56(49)61)47-8-6-7-9-51(47)72/h6-13,16,19,24,28-29,34-35,38,40-46,50,55,71-72H,14-15,17-18,20-23,25-27,31-33H2,1-5H3,(H2,61,65)(H,63,73)/t35-,38-,40?,41?,42+,44-,45-,46-,50-,55-/m0/s1. The molecule has 19 nitrogen and oxygen atoms in total. The van der Waals surface area contributed by atoms with Crippen molar-refractivity contribution in [1.29, 1.82) is 5.26 Å². The van der Waals surface area contributed by atoms with E-state index in [-0.39, 0.29) is 72.4 Å². The van der Waals surface area contributed by atoms with E-state index in [9.17, 15) is 19.8 Å². The van der Waals surface area contributed by atoms with Crippen LogP contribution in [0.15, 0.2) is 83.5 Å². The number of β-amino-alcohol motifs (C(OH)–C–C–N with tert-alkyl or cyclic N) is 1. The number of nitrogens with two attached hydrogens (primary N) is 1. The van der Waals surface area contributed by atoms with Crippen LogP contribution in [0.1, 0.15) is 121 Å². The maximum atomic E-state index is 14.2. The zero-order valence-electron chi connectivity index (χ0n) is 45.3. The summed E-state index contributed by atoms with van der Waals surface area (Å²) >= 11 is 0. The van der Waals surface area contributed by atoms with E-state index in [1.807, 2.05) is 45.2 Å². The van der Waals surface area contributed by atoms with E-state index in [1.54, 1.807) is 42.5 Å². The van der Waals surface area contributed by atoms with Gasteiger partial charge < -0.3 is 54.7 Å². The number of hydrogen-bond acceptors (Lipinski definition) is 17. The average Bonchev–Trinajstić information content (AvgIpc) is 4.19. The summed E-state index contributed by atoms with van der Waals surface area (Å²) in [7, 11) is 0. The zero-order chi connectivity index (χ0) is 54.4. The van der Waals surface area contributed by atoms with Crippen LogP contribution in [0.3, 0.4) is 0 Å². The predicted octanol–water partition coefficient (Wildman–Crippen LogP) is 7.15. The predicted molar refractivity (Wildman–Crippen MR) is 292 cm³/mol. The van der Waals surface area contributed by atoms with Crippen LogP contribution in [0.4, 0.5) is 17.2 Å². The van der Waals surface area contributed by atoms with Gasteiger partial charge in [-0.25, -0.2) is 4.98 Å². The van der Waals surface area contributed by atoms with Crippen LogP contribution in [0.25, 0.3) is 11.3 Å². The molecule has 2 bridgehead atoms. The van der Waals surface area contributed by atoms with Gasteiger partial charge in [-0.15, -0.1) is 10.2 Å². The molecule has 0 radical (unpaired) electrons. The number of aromatic hydroxyl groups is 1. The number of hydrogen-bond donors (Lipinski definition) is 4. The number of aliphatic hydroxyl groups excluding tert-OH is 1. The van der Waals surface area contributed by atoms with E-state index < -0.39 is 18.1 Å². The Balaban J connectivity index is 0.609. The van der Waals surface area contributed by atoms with Gasteiger partial charge >= 0.3 is 0 Å². The van der Waals surface area contributed by atoms with Crippen molar-refractivity contribution in [2.75, 3.05) is 48.3 Å². The first-order valence-electron chi connectivity index (χ1n) is 28.0. The van der Waals surface area contributed by atoms with Crippen molar-refractivity contribution < 1.29 is 38.5 Å².